The van der Waals surface area contributed by atoms with Crippen molar-refractivity contribution in [2.75, 3.05) is 0 Å². The van der Waals surface area contributed by atoms with Crippen LogP contribution in [0.15, 0.2) is 53.7 Å². The SMILES string of the molecule is CC(C#Cc1ccccc1C1CC(c2ccc(F)cc2)=NO1)NO. The molecular weight excluding hydrogens is 307 g/mol. The molecule has 0 aliphatic carbocycles. The average molecular weight is 324 g/mol. The summed E-state index contributed by atoms with van der Waals surface area (Å²) in [5.74, 6) is 5.69. The van der Waals surface area contributed by atoms with Gasteiger partial charge in [0.25, 0.3) is 0 Å². The number of benzene rings is 2. The van der Waals surface area contributed by atoms with E-state index in [-0.39, 0.29) is 18.0 Å². The van der Waals surface area contributed by atoms with Gasteiger partial charge in [-0.25, -0.2) is 4.39 Å². The Morgan fingerprint density at radius 2 is 2.00 bits per heavy atom. The van der Waals surface area contributed by atoms with E-state index in [2.05, 4.69) is 22.5 Å². The third-order valence-electron chi connectivity index (χ3n) is 3.77. The highest BCUT2D eigenvalue weighted by Gasteiger charge is 2.25. The van der Waals surface area contributed by atoms with Gasteiger partial charge in [0.15, 0.2) is 6.10 Å². The molecule has 2 N–H and O–H groups in total. The molecule has 0 amide bonds. The molecule has 2 aromatic carbocycles. The van der Waals surface area contributed by atoms with Crippen molar-refractivity contribution in [3.05, 3.63) is 71.0 Å². The van der Waals surface area contributed by atoms with Crippen LogP contribution in [-0.4, -0.2) is 17.0 Å². The molecule has 1 heterocycles. The molecule has 1 aliphatic heterocycles. The zero-order valence-corrected chi connectivity index (χ0v) is 13.2. The van der Waals surface area contributed by atoms with E-state index in [0.717, 1.165) is 22.4 Å². The monoisotopic (exact) mass is 324 g/mol. The van der Waals surface area contributed by atoms with Crippen molar-refractivity contribution in [3.63, 3.8) is 0 Å². The third kappa shape index (κ3) is 3.62. The van der Waals surface area contributed by atoms with Crippen molar-refractivity contribution in [1.29, 1.82) is 0 Å². The molecule has 0 saturated heterocycles. The first-order valence-corrected chi connectivity index (χ1v) is 7.66. The maximum Gasteiger partial charge on any atom is 0.159 e. The second-order valence-electron chi connectivity index (χ2n) is 5.55. The van der Waals surface area contributed by atoms with E-state index in [9.17, 15) is 4.39 Å². The lowest BCUT2D eigenvalue weighted by Gasteiger charge is -2.11. The smallest absolute Gasteiger partial charge is 0.159 e. The number of hydrogen-bond acceptors (Lipinski definition) is 4. The summed E-state index contributed by atoms with van der Waals surface area (Å²) >= 11 is 0. The van der Waals surface area contributed by atoms with Crippen molar-refractivity contribution in [1.82, 2.24) is 5.48 Å². The number of oxime groups is 1. The minimum atomic E-state index is -0.325. The largest absolute Gasteiger partial charge is 0.387 e. The van der Waals surface area contributed by atoms with E-state index in [0.29, 0.717) is 6.42 Å². The van der Waals surface area contributed by atoms with Gasteiger partial charge in [-0.15, -0.1) is 0 Å². The minimum Gasteiger partial charge on any atom is -0.387 e. The Labute approximate surface area is 139 Å². The van der Waals surface area contributed by atoms with Crippen molar-refractivity contribution in [2.24, 2.45) is 5.16 Å². The fourth-order valence-corrected chi connectivity index (χ4v) is 2.47. The number of nitrogens with one attached hydrogen (secondary N) is 1. The number of hydroxylamine groups is 1. The standard InChI is InChI=1S/C19H17FN2O2/c1-13(21-23)6-7-14-4-2-3-5-17(14)19-12-18(22-24-19)15-8-10-16(20)11-9-15/h2-5,8-11,13,19,21,23H,12H2,1H3. The average Bonchev–Trinajstić information content (AvgIpc) is 3.10. The maximum absolute atomic E-state index is 13.0. The summed E-state index contributed by atoms with van der Waals surface area (Å²) in [5, 5.41) is 13.0. The normalized spacial score (nSPS) is 17.5. The zero-order valence-electron chi connectivity index (χ0n) is 13.2. The highest BCUT2D eigenvalue weighted by molar-refractivity contribution is 6.01. The summed E-state index contributed by atoms with van der Waals surface area (Å²) in [6.07, 6.45) is 0.367. The highest BCUT2D eigenvalue weighted by atomic mass is 19.1. The van der Waals surface area contributed by atoms with Crippen LogP contribution in [-0.2, 0) is 4.84 Å². The summed E-state index contributed by atoms with van der Waals surface area (Å²) in [7, 11) is 0. The van der Waals surface area contributed by atoms with Crippen molar-refractivity contribution < 1.29 is 14.4 Å². The van der Waals surface area contributed by atoms with E-state index in [1.807, 2.05) is 24.3 Å². The van der Waals surface area contributed by atoms with Gasteiger partial charge in [-0.2, -0.15) is 5.48 Å². The fourth-order valence-electron chi connectivity index (χ4n) is 2.47. The molecule has 1 aliphatic rings. The second-order valence-corrected chi connectivity index (χ2v) is 5.55. The molecule has 2 unspecified atom stereocenters. The van der Waals surface area contributed by atoms with Gasteiger partial charge in [-0.1, -0.05) is 47.3 Å². The Bertz CT molecular complexity index is 806. The van der Waals surface area contributed by atoms with E-state index in [4.69, 9.17) is 10.0 Å². The Hall–Kier alpha value is -2.68. The van der Waals surface area contributed by atoms with Gasteiger partial charge in [0.1, 0.15) is 5.82 Å². The second kappa shape index (κ2) is 7.26. The van der Waals surface area contributed by atoms with Gasteiger partial charge in [0.05, 0.1) is 11.8 Å². The summed E-state index contributed by atoms with van der Waals surface area (Å²) in [5.41, 5.74) is 5.51. The zero-order chi connectivity index (χ0) is 16.9. The lowest BCUT2D eigenvalue weighted by atomic mass is 9.96. The lowest BCUT2D eigenvalue weighted by molar-refractivity contribution is 0.0855. The lowest BCUT2D eigenvalue weighted by Crippen LogP contribution is -2.19. The summed E-state index contributed by atoms with van der Waals surface area (Å²) < 4.78 is 13.0. The first-order chi connectivity index (χ1) is 11.7. The molecule has 24 heavy (non-hydrogen) atoms. The van der Waals surface area contributed by atoms with Crippen molar-refractivity contribution in [2.45, 2.75) is 25.5 Å². The number of nitrogens with zero attached hydrogens (tertiary/aromatic N) is 1. The van der Waals surface area contributed by atoms with E-state index in [1.54, 1.807) is 19.1 Å². The van der Waals surface area contributed by atoms with Crippen LogP contribution in [0.3, 0.4) is 0 Å². The van der Waals surface area contributed by atoms with Crippen LogP contribution in [0, 0.1) is 17.7 Å². The number of halogens is 1. The van der Waals surface area contributed by atoms with E-state index >= 15 is 0 Å². The number of hydrogen-bond donors (Lipinski definition) is 2. The van der Waals surface area contributed by atoms with Crippen LogP contribution >= 0.6 is 0 Å². The van der Waals surface area contributed by atoms with Gasteiger partial charge < -0.3 is 10.0 Å². The molecule has 0 aromatic heterocycles. The van der Waals surface area contributed by atoms with Crippen molar-refractivity contribution in [3.8, 4) is 11.8 Å². The van der Waals surface area contributed by atoms with Crippen LogP contribution in [0.2, 0.25) is 0 Å². The summed E-state index contributed by atoms with van der Waals surface area (Å²) in [6, 6.07) is 13.6. The molecule has 122 valence electrons. The van der Waals surface area contributed by atoms with Gasteiger partial charge in [-0.05, 0) is 30.7 Å². The van der Waals surface area contributed by atoms with E-state index < -0.39 is 0 Å². The molecule has 0 bridgehead atoms. The van der Waals surface area contributed by atoms with E-state index in [1.165, 1.54) is 12.1 Å². The summed E-state index contributed by atoms with van der Waals surface area (Å²) in [4.78, 5) is 5.57. The van der Waals surface area contributed by atoms with Crippen LogP contribution < -0.4 is 5.48 Å². The van der Waals surface area contributed by atoms with Crippen LogP contribution in [0.25, 0.3) is 0 Å². The van der Waals surface area contributed by atoms with Crippen LogP contribution in [0.5, 0.6) is 0 Å². The number of rotatable bonds is 3. The Morgan fingerprint density at radius 3 is 2.75 bits per heavy atom. The molecule has 0 fully saturated rings. The Morgan fingerprint density at radius 1 is 1.25 bits per heavy atom. The molecular formula is C19H17FN2O2. The molecule has 0 spiro atoms. The molecule has 4 nitrogen and oxygen atoms in total. The third-order valence-corrected chi connectivity index (χ3v) is 3.77. The summed E-state index contributed by atoms with van der Waals surface area (Å²) in [6.45, 7) is 1.76. The van der Waals surface area contributed by atoms with Gasteiger partial charge in [0.2, 0.25) is 0 Å². The molecule has 2 atom stereocenters. The Kier molecular flexibility index (Phi) is 4.90. The van der Waals surface area contributed by atoms with Gasteiger partial charge in [-0.3, -0.25) is 0 Å². The molecule has 0 radical (unpaired) electrons. The minimum absolute atomic E-state index is 0.229. The van der Waals surface area contributed by atoms with Crippen LogP contribution in [0.1, 0.15) is 36.1 Å². The first kappa shape index (κ1) is 16.2. The fraction of sp³-hybridized carbons (Fsp3) is 0.211. The maximum atomic E-state index is 13.0. The molecule has 3 rings (SSSR count). The highest BCUT2D eigenvalue weighted by Crippen LogP contribution is 2.31. The topological polar surface area (TPSA) is 53.8 Å². The van der Waals surface area contributed by atoms with Gasteiger partial charge in [0, 0.05) is 17.5 Å². The predicted molar refractivity (Wildman–Crippen MR) is 89.1 cm³/mol. The van der Waals surface area contributed by atoms with Crippen molar-refractivity contribution >= 4 is 5.71 Å². The van der Waals surface area contributed by atoms with Gasteiger partial charge >= 0.3 is 0 Å². The Balaban J connectivity index is 1.79. The molecule has 0 saturated carbocycles. The van der Waals surface area contributed by atoms with Crippen LogP contribution in [0.4, 0.5) is 4.39 Å². The molecule has 5 heteroatoms. The first-order valence-electron chi connectivity index (χ1n) is 7.66. The predicted octanol–water partition coefficient (Wildman–Crippen LogP) is 3.41. The molecule has 2 aromatic rings. The quantitative estimate of drug-likeness (QED) is 0.672.